The Kier molecular flexibility index (Phi) is 4.78. The Labute approximate surface area is 133 Å². The van der Waals surface area contributed by atoms with Crippen molar-refractivity contribution in [3.8, 4) is 0 Å². The number of esters is 1. The highest BCUT2D eigenvalue weighted by Crippen LogP contribution is 2.38. The van der Waals surface area contributed by atoms with Crippen LogP contribution in [-0.4, -0.2) is 51.1 Å². The first kappa shape index (κ1) is 16.8. The number of hydrogen-bond donors (Lipinski definition) is 1. The van der Waals surface area contributed by atoms with Gasteiger partial charge in [0.25, 0.3) is 0 Å². The zero-order valence-electron chi connectivity index (χ0n) is 12.3. The molecule has 1 aliphatic rings. The Balaban J connectivity index is 2.30. The lowest BCUT2D eigenvalue weighted by Gasteiger charge is -2.24. The number of hydrogen-bond acceptors (Lipinski definition) is 6. The topological polar surface area (TPSA) is 92.8 Å². The smallest absolute Gasteiger partial charge is 0.307 e. The Hall–Kier alpha value is -1.58. The highest BCUT2D eigenvalue weighted by molar-refractivity contribution is 8.01. The molecule has 1 aromatic rings. The maximum atomic E-state index is 12.1. The number of nitrogens with zero attached hydrogens (tertiary/aromatic N) is 1. The summed E-state index contributed by atoms with van der Waals surface area (Å²) in [4.78, 5) is 24.1. The van der Waals surface area contributed by atoms with Crippen molar-refractivity contribution >= 4 is 39.3 Å². The summed E-state index contributed by atoms with van der Waals surface area (Å²) >= 11 is 1.22. The van der Waals surface area contributed by atoms with E-state index >= 15 is 0 Å². The molecule has 2 rings (SSSR count). The maximum Gasteiger partial charge on any atom is 0.307 e. The van der Waals surface area contributed by atoms with Crippen LogP contribution in [-0.2, 0) is 24.3 Å². The van der Waals surface area contributed by atoms with Crippen LogP contribution in [0.4, 0.5) is 5.69 Å². The highest BCUT2D eigenvalue weighted by Gasteiger charge is 2.30. The standard InChI is InChI=1S/C13H16N2O5S2/c1-15(2)22(18,19)8-4-5-10-9(6-8)14-13(17)11(21-10)7-12(16)20-3/h4-6,11H,7H2,1-3H3,(H,14,17). The number of carbonyl (C=O) groups is 2. The van der Waals surface area contributed by atoms with Gasteiger partial charge in [0.15, 0.2) is 0 Å². The van der Waals surface area contributed by atoms with Gasteiger partial charge in [0.05, 0.1) is 29.4 Å². The average molecular weight is 344 g/mol. The van der Waals surface area contributed by atoms with E-state index < -0.39 is 21.2 Å². The minimum Gasteiger partial charge on any atom is -0.469 e. The van der Waals surface area contributed by atoms with E-state index in [4.69, 9.17) is 0 Å². The van der Waals surface area contributed by atoms with Crippen molar-refractivity contribution in [2.75, 3.05) is 26.5 Å². The third kappa shape index (κ3) is 3.26. The van der Waals surface area contributed by atoms with Gasteiger partial charge < -0.3 is 10.1 Å². The van der Waals surface area contributed by atoms with Crippen LogP contribution in [0.3, 0.4) is 0 Å². The molecule has 1 heterocycles. The molecule has 0 bridgehead atoms. The molecule has 7 nitrogen and oxygen atoms in total. The summed E-state index contributed by atoms with van der Waals surface area (Å²) in [7, 11) is 0.576. The Bertz CT molecular complexity index is 715. The minimum atomic E-state index is -3.57. The van der Waals surface area contributed by atoms with Crippen molar-refractivity contribution in [2.45, 2.75) is 21.5 Å². The van der Waals surface area contributed by atoms with Gasteiger partial charge in [0, 0.05) is 19.0 Å². The number of nitrogens with one attached hydrogen (secondary N) is 1. The molecule has 1 N–H and O–H groups in total. The van der Waals surface area contributed by atoms with Gasteiger partial charge >= 0.3 is 5.97 Å². The van der Waals surface area contributed by atoms with Crippen LogP contribution >= 0.6 is 11.8 Å². The number of rotatable bonds is 4. The number of amides is 1. The number of ether oxygens (including phenoxy) is 1. The molecule has 1 amide bonds. The fourth-order valence-electron chi connectivity index (χ4n) is 1.87. The molecule has 0 saturated carbocycles. The second-order valence-corrected chi connectivity index (χ2v) is 8.22. The average Bonchev–Trinajstić information content (AvgIpc) is 2.47. The summed E-state index contributed by atoms with van der Waals surface area (Å²) in [6.07, 6.45) is -0.0375. The van der Waals surface area contributed by atoms with E-state index in [1.807, 2.05) is 0 Å². The molecule has 1 atom stereocenters. The lowest BCUT2D eigenvalue weighted by atomic mass is 10.2. The van der Waals surface area contributed by atoms with E-state index in [9.17, 15) is 18.0 Å². The molecule has 1 aliphatic heterocycles. The monoisotopic (exact) mass is 344 g/mol. The summed E-state index contributed by atoms with van der Waals surface area (Å²) in [6.45, 7) is 0. The zero-order valence-corrected chi connectivity index (χ0v) is 14.0. The van der Waals surface area contributed by atoms with Gasteiger partial charge in [0.1, 0.15) is 0 Å². The molecule has 0 aromatic heterocycles. The van der Waals surface area contributed by atoms with E-state index in [0.717, 1.165) is 4.31 Å². The van der Waals surface area contributed by atoms with E-state index in [1.165, 1.54) is 45.1 Å². The second kappa shape index (κ2) is 6.27. The largest absolute Gasteiger partial charge is 0.469 e. The lowest BCUT2D eigenvalue weighted by Crippen LogP contribution is -2.31. The molecular weight excluding hydrogens is 328 g/mol. The fourth-order valence-corrected chi connectivity index (χ4v) is 3.87. The van der Waals surface area contributed by atoms with Crippen LogP contribution in [0.2, 0.25) is 0 Å². The molecule has 1 unspecified atom stereocenters. The van der Waals surface area contributed by atoms with Crippen LogP contribution < -0.4 is 5.32 Å². The van der Waals surface area contributed by atoms with E-state index in [0.29, 0.717) is 10.6 Å². The summed E-state index contributed by atoms with van der Waals surface area (Å²) in [5.41, 5.74) is 0.430. The number of anilines is 1. The highest BCUT2D eigenvalue weighted by atomic mass is 32.2. The number of methoxy groups -OCH3 is 1. The lowest BCUT2D eigenvalue weighted by molar-refractivity contribution is -0.141. The number of thioether (sulfide) groups is 1. The molecule has 0 saturated heterocycles. The molecule has 0 radical (unpaired) electrons. The fraction of sp³-hybridized carbons (Fsp3) is 0.385. The number of benzene rings is 1. The third-order valence-corrected chi connectivity index (χ3v) is 6.22. The van der Waals surface area contributed by atoms with Gasteiger partial charge in [-0.1, -0.05) is 0 Å². The van der Waals surface area contributed by atoms with E-state index in [2.05, 4.69) is 10.1 Å². The maximum absolute atomic E-state index is 12.1. The molecule has 1 aromatic carbocycles. The van der Waals surface area contributed by atoms with E-state index in [-0.39, 0.29) is 17.2 Å². The van der Waals surface area contributed by atoms with Crippen LogP contribution in [0.5, 0.6) is 0 Å². The van der Waals surface area contributed by atoms with Crippen LogP contribution in [0.15, 0.2) is 28.0 Å². The van der Waals surface area contributed by atoms with Crippen molar-refractivity contribution < 1.29 is 22.7 Å². The van der Waals surface area contributed by atoms with Crippen molar-refractivity contribution in [3.63, 3.8) is 0 Å². The second-order valence-electron chi connectivity index (χ2n) is 4.82. The SMILES string of the molecule is COC(=O)CC1Sc2ccc(S(=O)(=O)N(C)C)cc2NC1=O. The summed E-state index contributed by atoms with van der Waals surface area (Å²) in [6, 6.07) is 4.53. The molecule has 9 heteroatoms. The zero-order chi connectivity index (χ0) is 16.5. The van der Waals surface area contributed by atoms with Gasteiger partial charge in [0.2, 0.25) is 15.9 Å². The predicted octanol–water partition coefficient (Wildman–Crippen LogP) is 0.913. The first-order valence-electron chi connectivity index (χ1n) is 6.36. The molecule has 120 valence electrons. The molecule has 0 aliphatic carbocycles. The number of carbonyl (C=O) groups excluding carboxylic acids is 2. The number of fused-ring (bicyclic) bond motifs is 1. The van der Waals surface area contributed by atoms with Gasteiger partial charge in [-0.25, -0.2) is 12.7 Å². The van der Waals surface area contributed by atoms with Crippen molar-refractivity contribution in [1.82, 2.24) is 4.31 Å². The summed E-state index contributed by atoms with van der Waals surface area (Å²) in [5.74, 6) is -0.815. The summed E-state index contributed by atoms with van der Waals surface area (Å²) < 4.78 is 29.9. The molecule has 0 fully saturated rings. The Morgan fingerprint density at radius 3 is 2.68 bits per heavy atom. The normalized spacial score (nSPS) is 17.8. The third-order valence-electron chi connectivity index (χ3n) is 3.13. The first-order chi connectivity index (χ1) is 10.3. The van der Waals surface area contributed by atoms with Crippen LogP contribution in [0, 0.1) is 0 Å². The first-order valence-corrected chi connectivity index (χ1v) is 8.68. The quantitative estimate of drug-likeness (QED) is 0.816. The van der Waals surface area contributed by atoms with Crippen molar-refractivity contribution in [3.05, 3.63) is 18.2 Å². The van der Waals surface area contributed by atoms with Gasteiger partial charge in [-0.3, -0.25) is 9.59 Å². The molecule has 22 heavy (non-hydrogen) atoms. The van der Waals surface area contributed by atoms with Gasteiger partial charge in [-0.15, -0.1) is 11.8 Å². The van der Waals surface area contributed by atoms with Crippen molar-refractivity contribution in [1.29, 1.82) is 0 Å². The Morgan fingerprint density at radius 1 is 1.41 bits per heavy atom. The van der Waals surface area contributed by atoms with Crippen LogP contribution in [0.25, 0.3) is 0 Å². The molecule has 0 spiro atoms. The summed E-state index contributed by atoms with van der Waals surface area (Å²) in [5, 5.41) is 2.05. The predicted molar refractivity (Wildman–Crippen MR) is 82.2 cm³/mol. The van der Waals surface area contributed by atoms with Crippen molar-refractivity contribution in [2.24, 2.45) is 0 Å². The van der Waals surface area contributed by atoms with Crippen LogP contribution in [0.1, 0.15) is 6.42 Å². The Morgan fingerprint density at radius 2 is 2.09 bits per heavy atom. The number of sulfonamides is 1. The van der Waals surface area contributed by atoms with Gasteiger partial charge in [-0.05, 0) is 18.2 Å². The minimum absolute atomic E-state index is 0.0375. The van der Waals surface area contributed by atoms with Gasteiger partial charge in [-0.2, -0.15) is 0 Å². The van der Waals surface area contributed by atoms with E-state index in [1.54, 1.807) is 6.07 Å². The molecular formula is C13H16N2O5S2.